The fourth-order valence-corrected chi connectivity index (χ4v) is 5.27. The molecule has 0 aliphatic carbocycles. The molecule has 0 aliphatic rings. The van der Waals surface area contributed by atoms with E-state index in [9.17, 15) is 8.78 Å². The maximum absolute atomic E-state index is 13.5. The summed E-state index contributed by atoms with van der Waals surface area (Å²) in [6.07, 6.45) is -0.723. The predicted octanol–water partition coefficient (Wildman–Crippen LogP) is 5.05. The van der Waals surface area contributed by atoms with E-state index in [1.807, 2.05) is 0 Å². The van der Waals surface area contributed by atoms with Crippen LogP contribution in [0.5, 0.6) is 0 Å². The maximum atomic E-state index is 13.5. The van der Waals surface area contributed by atoms with Gasteiger partial charge in [-0.05, 0) is 29.9 Å². The largest absolute Gasteiger partial charge is 0.369 e. The van der Waals surface area contributed by atoms with E-state index in [0.717, 1.165) is 14.6 Å². The average Bonchev–Trinajstić information content (AvgIpc) is 3.16. The summed E-state index contributed by atoms with van der Waals surface area (Å²) in [5.74, 6) is -0.212. The molecule has 0 fully saturated rings. The van der Waals surface area contributed by atoms with Gasteiger partial charge in [0.15, 0.2) is 0 Å². The van der Waals surface area contributed by atoms with Gasteiger partial charge in [-0.15, -0.1) is 22.7 Å². The second-order valence-corrected chi connectivity index (χ2v) is 8.38. The third kappa shape index (κ3) is 3.51. The van der Waals surface area contributed by atoms with Crippen LogP contribution in [0.15, 0.2) is 11.4 Å². The molecule has 0 unspecified atom stereocenters. The molecular weight excluding hydrogens is 380 g/mol. The Morgan fingerprint density at radius 3 is 2.87 bits per heavy atom. The zero-order valence-corrected chi connectivity index (χ0v) is 15.3. The quantitative estimate of drug-likeness (QED) is 0.616. The fourth-order valence-electron chi connectivity index (χ4n) is 2.05. The van der Waals surface area contributed by atoms with Crippen LogP contribution in [0.2, 0.25) is 5.02 Å². The van der Waals surface area contributed by atoms with Gasteiger partial charge in [-0.1, -0.05) is 11.6 Å². The normalized spacial score (nSPS) is 14.3. The van der Waals surface area contributed by atoms with Crippen molar-refractivity contribution >= 4 is 61.0 Å². The van der Waals surface area contributed by atoms with E-state index < -0.39 is 12.2 Å². The Bertz CT molecular complexity index is 812. The summed E-state index contributed by atoms with van der Waals surface area (Å²) in [5.41, 5.74) is 6.48. The second-order valence-electron chi connectivity index (χ2n) is 5.12. The van der Waals surface area contributed by atoms with E-state index in [0.29, 0.717) is 28.4 Å². The smallest absolute Gasteiger partial charge is 0.138 e. The first-order valence-corrected chi connectivity index (χ1v) is 9.74. The lowest BCUT2D eigenvalue weighted by Crippen LogP contribution is -2.31. The van der Waals surface area contributed by atoms with E-state index in [4.69, 9.17) is 17.3 Å². The molecule has 3 rings (SSSR count). The van der Waals surface area contributed by atoms with Gasteiger partial charge in [0.05, 0.1) is 21.1 Å². The van der Waals surface area contributed by atoms with Crippen molar-refractivity contribution in [1.29, 1.82) is 0 Å². The van der Waals surface area contributed by atoms with Crippen molar-refractivity contribution in [2.75, 3.05) is 5.32 Å². The summed E-state index contributed by atoms with van der Waals surface area (Å²) in [5, 5.41) is 6.29. The molecule has 0 saturated carbocycles. The van der Waals surface area contributed by atoms with Crippen LogP contribution in [-0.4, -0.2) is 16.6 Å². The van der Waals surface area contributed by atoms with Crippen LogP contribution in [0.4, 0.5) is 13.8 Å². The number of rotatable bonds is 6. The van der Waals surface area contributed by atoms with Gasteiger partial charge in [0, 0.05) is 17.3 Å². The number of anilines is 1. The number of nitrogens with zero attached hydrogens (tertiary/aromatic N) is 1. The summed E-state index contributed by atoms with van der Waals surface area (Å²) >= 11 is 10.4. The molecule has 124 valence electrons. The molecule has 0 radical (unpaired) electrons. The van der Waals surface area contributed by atoms with Gasteiger partial charge >= 0.3 is 0 Å². The van der Waals surface area contributed by atoms with Crippen molar-refractivity contribution in [2.45, 2.75) is 32.1 Å². The van der Waals surface area contributed by atoms with Gasteiger partial charge in [0.2, 0.25) is 0 Å². The Labute approximate surface area is 149 Å². The Kier molecular flexibility index (Phi) is 5.17. The molecule has 23 heavy (non-hydrogen) atoms. The van der Waals surface area contributed by atoms with E-state index >= 15 is 0 Å². The van der Waals surface area contributed by atoms with E-state index in [1.165, 1.54) is 47.2 Å². The van der Waals surface area contributed by atoms with Crippen molar-refractivity contribution in [1.82, 2.24) is 4.37 Å². The highest BCUT2D eigenvalue weighted by Gasteiger charge is 2.21. The van der Waals surface area contributed by atoms with Gasteiger partial charge < -0.3 is 11.1 Å². The van der Waals surface area contributed by atoms with Crippen LogP contribution in [0.25, 0.3) is 10.2 Å². The lowest BCUT2D eigenvalue weighted by atomic mass is 10.1. The molecule has 3 nitrogen and oxygen atoms in total. The molecule has 3 aromatic rings. The standard InChI is InChI=1S/C14H14ClF2N3S3/c1-6(16)8(18)4-9-11(15)12-13(22-9)14(23-20-12)19-5-10-7(17)2-3-21-10/h2-3,6,8,19H,4-5,18H2,1H3/t6-,8-/m1/s1. The minimum absolute atomic E-state index is 0.212. The molecule has 3 N–H and O–H groups in total. The van der Waals surface area contributed by atoms with Crippen molar-refractivity contribution in [3.8, 4) is 0 Å². The Morgan fingerprint density at radius 1 is 1.43 bits per heavy atom. The van der Waals surface area contributed by atoms with Crippen LogP contribution in [-0.2, 0) is 13.0 Å². The van der Waals surface area contributed by atoms with E-state index in [-0.39, 0.29) is 5.82 Å². The molecule has 2 atom stereocenters. The maximum Gasteiger partial charge on any atom is 0.138 e. The highest BCUT2D eigenvalue weighted by Crippen LogP contribution is 2.42. The van der Waals surface area contributed by atoms with Gasteiger partial charge in [-0.2, -0.15) is 4.37 Å². The Morgan fingerprint density at radius 2 is 2.22 bits per heavy atom. The number of hydrogen-bond acceptors (Lipinski definition) is 6. The molecular formula is C14H14ClF2N3S3. The summed E-state index contributed by atoms with van der Waals surface area (Å²) in [4.78, 5) is 1.47. The second kappa shape index (κ2) is 6.98. The van der Waals surface area contributed by atoms with Crippen molar-refractivity contribution in [2.24, 2.45) is 5.73 Å². The molecule has 0 aliphatic heterocycles. The van der Waals surface area contributed by atoms with Gasteiger partial charge in [0.1, 0.15) is 22.5 Å². The Balaban J connectivity index is 1.81. The SMILES string of the molecule is C[C@@H](F)[C@H](N)Cc1sc2c(NCc3sccc3F)snc2c1Cl. The number of nitrogens with one attached hydrogen (secondary N) is 1. The Hall–Kier alpha value is -0.800. The lowest BCUT2D eigenvalue weighted by Gasteiger charge is -2.11. The van der Waals surface area contributed by atoms with Crippen molar-refractivity contribution in [3.05, 3.63) is 32.0 Å². The van der Waals surface area contributed by atoms with Crippen LogP contribution in [0, 0.1) is 5.82 Å². The highest BCUT2D eigenvalue weighted by atomic mass is 35.5. The highest BCUT2D eigenvalue weighted by molar-refractivity contribution is 7.25. The molecule has 0 spiro atoms. The number of halogens is 3. The van der Waals surface area contributed by atoms with Gasteiger partial charge in [0.25, 0.3) is 0 Å². The summed E-state index contributed by atoms with van der Waals surface area (Å²) in [6, 6.07) is 0.861. The van der Waals surface area contributed by atoms with Crippen LogP contribution >= 0.6 is 45.8 Å². The first-order chi connectivity index (χ1) is 11.0. The molecule has 0 amide bonds. The van der Waals surface area contributed by atoms with Crippen LogP contribution in [0.1, 0.15) is 16.7 Å². The predicted molar refractivity (Wildman–Crippen MR) is 96.4 cm³/mol. The molecule has 3 heterocycles. The topological polar surface area (TPSA) is 50.9 Å². The third-order valence-electron chi connectivity index (χ3n) is 3.44. The summed E-state index contributed by atoms with van der Waals surface area (Å²) in [6.45, 7) is 1.83. The van der Waals surface area contributed by atoms with E-state index in [1.54, 1.807) is 5.38 Å². The number of aromatic nitrogens is 1. The van der Waals surface area contributed by atoms with Crippen molar-refractivity contribution < 1.29 is 8.78 Å². The number of hydrogen-bond donors (Lipinski definition) is 2. The lowest BCUT2D eigenvalue weighted by molar-refractivity contribution is 0.305. The number of fused-ring (bicyclic) bond motifs is 1. The molecule has 9 heteroatoms. The zero-order chi connectivity index (χ0) is 16.6. The zero-order valence-electron chi connectivity index (χ0n) is 12.1. The van der Waals surface area contributed by atoms with Gasteiger partial charge in [-0.3, -0.25) is 0 Å². The molecule has 0 aromatic carbocycles. The number of thiophene rings is 2. The molecule has 0 bridgehead atoms. The van der Waals surface area contributed by atoms with E-state index in [2.05, 4.69) is 9.69 Å². The minimum atomic E-state index is -1.10. The minimum Gasteiger partial charge on any atom is -0.369 e. The number of nitrogens with two attached hydrogens (primary N) is 1. The summed E-state index contributed by atoms with van der Waals surface area (Å²) in [7, 11) is 0. The molecule has 0 saturated heterocycles. The van der Waals surface area contributed by atoms with Crippen LogP contribution in [0.3, 0.4) is 0 Å². The monoisotopic (exact) mass is 393 g/mol. The van der Waals surface area contributed by atoms with Crippen molar-refractivity contribution in [3.63, 3.8) is 0 Å². The fraction of sp³-hybridized carbons (Fsp3) is 0.357. The third-order valence-corrected chi connectivity index (χ3v) is 7.01. The average molecular weight is 394 g/mol. The molecule has 3 aromatic heterocycles. The number of alkyl halides is 1. The van der Waals surface area contributed by atoms with Crippen LogP contribution < -0.4 is 11.1 Å². The first kappa shape index (κ1) is 17.0. The van der Waals surface area contributed by atoms with Gasteiger partial charge in [-0.25, -0.2) is 8.78 Å². The first-order valence-electron chi connectivity index (χ1n) is 6.89. The summed E-state index contributed by atoms with van der Waals surface area (Å²) < 4.78 is 32.0.